The second-order valence-corrected chi connectivity index (χ2v) is 12.4. The van der Waals surface area contributed by atoms with Gasteiger partial charge in [-0.3, -0.25) is 14.5 Å². The molecule has 0 radical (unpaired) electrons. The Morgan fingerprint density at radius 2 is 1.63 bits per heavy atom. The largest absolute Gasteiger partial charge is 0.461 e. The van der Waals surface area contributed by atoms with Gasteiger partial charge in [-0.1, -0.05) is 43.0 Å². The summed E-state index contributed by atoms with van der Waals surface area (Å²) < 4.78 is 7.01. The van der Waals surface area contributed by atoms with Crippen molar-refractivity contribution in [2.24, 2.45) is 22.7 Å². The number of aromatic nitrogens is 2. The number of amides is 1. The van der Waals surface area contributed by atoms with E-state index in [4.69, 9.17) is 15.3 Å². The summed E-state index contributed by atoms with van der Waals surface area (Å²) in [5.74, 6) is 0.161. The quantitative estimate of drug-likeness (QED) is 0.295. The predicted octanol–water partition coefficient (Wildman–Crippen LogP) is 3.69. The van der Waals surface area contributed by atoms with Gasteiger partial charge >= 0.3 is 5.97 Å². The number of benzene rings is 1. The zero-order valence-corrected chi connectivity index (χ0v) is 23.9. The first-order valence-electron chi connectivity index (χ1n) is 15.4. The van der Waals surface area contributed by atoms with Crippen molar-refractivity contribution in [2.45, 2.75) is 102 Å². The Bertz CT molecular complexity index is 1360. The molecule has 3 unspecified atom stereocenters. The van der Waals surface area contributed by atoms with Gasteiger partial charge in [0, 0.05) is 24.2 Å². The number of hydrogen-bond donors (Lipinski definition) is 1. The zero-order valence-electron chi connectivity index (χ0n) is 23.9. The number of nitrogens with two attached hydrogens (primary N) is 1. The number of carbonyl (C=O) groups excluding carboxylic acids is 2. The normalized spacial score (nSPS) is 30.1. The van der Waals surface area contributed by atoms with Crippen LogP contribution in [-0.2, 0) is 19.2 Å². The van der Waals surface area contributed by atoms with E-state index in [1.807, 2.05) is 28.8 Å². The van der Waals surface area contributed by atoms with Crippen molar-refractivity contribution in [3.8, 4) is 0 Å². The van der Waals surface area contributed by atoms with Crippen LogP contribution in [0, 0.1) is 11.8 Å². The van der Waals surface area contributed by atoms with Crippen LogP contribution in [0.1, 0.15) is 89.3 Å². The Hall–Kier alpha value is -3.27. The molecule has 5 atom stereocenters. The molecule has 2 saturated carbocycles. The van der Waals surface area contributed by atoms with Gasteiger partial charge in [0.05, 0.1) is 17.6 Å². The minimum atomic E-state index is -0.835. The maximum absolute atomic E-state index is 14.2. The van der Waals surface area contributed by atoms with Gasteiger partial charge in [0.15, 0.2) is 12.3 Å². The summed E-state index contributed by atoms with van der Waals surface area (Å²) in [6.45, 7) is 1.22. The third-order valence-corrected chi connectivity index (χ3v) is 9.75. The Kier molecular flexibility index (Phi) is 8.10. The highest BCUT2D eigenvalue weighted by atomic mass is 16.6. The van der Waals surface area contributed by atoms with E-state index in [0.29, 0.717) is 23.6 Å². The summed E-state index contributed by atoms with van der Waals surface area (Å²) >= 11 is 0. The lowest BCUT2D eigenvalue weighted by molar-refractivity contribution is -0.135. The smallest absolute Gasteiger partial charge is 0.362 e. The van der Waals surface area contributed by atoms with Gasteiger partial charge in [-0.2, -0.15) is 0 Å². The van der Waals surface area contributed by atoms with E-state index in [0.717, 1.165) is 43.0 Å². The first-order chi connectivity index (χ1) is 19.9. The van der Waals surface area contributed by atoms with Crippen LogP contribution in [0.3, 0.4) is 0 Å². The molecule has 2 N–H and O–H groups in total. The van der Waals surface area contributed by atoms with Crippen molar-refractivity contribution < 1.29 is 19.2 Å². The molecule has 2 saturated heterocycles. The fourth-order valence-electron chi connectivity index (χ4n) is 8.34. The highest BCUT2D eigenvalue weighted by Crippen LogP contribution is 2.47. The fraction of sp³-hybridized carbons (Fsp3) is 0.645. The molecular weight excluding hydrogens is 522 g/mol. The lowest BCUT2D eigenvalue weighted by Gasteiger charge is -2.55. The van der Waals surface area contributed by atoms with E-state index in [2.05, 4.69) is 15.0 Å². The third kappa shape index (κ3) is 5.63. The average molecular weight is 564 g/mol. The third-order valence-electron chi connectivity index (χ3n) is 9.75. The lowest BCUT2D eigenvalue weighted by Crippen LogP contribution is -2.58. The molecule has 1 aromatic carbocycles. The molecule has 4 aliphatic rings. The molecule has 2 aromatic rings. The van der Waals surface area contributed by atoms with Crippen molar-refractivity contribution in [3.63, 3.8) is 0 Å². The molecule has 6 rings (SSSR count). The number of primary amides is 1. The van der Waals surface area contributed by atoms with Gasteiger partial charge < -0.3 is 19.9 Å². The molecule has 2 aliphatic heterocycles. The zero-order chi connectivity index (χ0) is 28.5. The first-order valence-corrected chi connectivity index (χ1v) is 15.4. The summed E-state index contributed by atoms with van der Waals surface area (Å²) in [4.78, 5) is 50.8. The number of carbonyl (C=O) groups is 2. The van der Waals surface area contributed by atoms with Crippen molar-refractivity contribution in [1.82, 2.24) is 14.5 Å². The highest BCUT2D eigenvalue weighted by Gasteiger charge is 2.45. The SMILES string of the molecule is CCOC(=O)C(=NOCC(N)=O)c1nc2ccccc2n(C2C[C@H]3CCC[C@@H](C2)N3C2CC3CCCC(C3)C2)c1=O. The van der Waals surface area contributed by atoms with Crippen molar-refractivity contribution in [3.05, 3.63) is 40.3 Å². The van der Waals surface area contributed by atoms with Crippen LogP contribution in [0.5, 0.6) is 0 Å². The fourth-order valence-corrected chi connectivity index (χ4v) is 8.34. The van der Waals surface area contributed by atoms with E-state index in [1.54, 1.807) is 6.92 Å². The second kappa shape index (κ2) is 11.9. The van der Waals surface area contributed by atoms with E-state index < -0.39 is 24.0 Å². The number of para-hydroxylation sites is 2. The number of rotatable bonds is 8. The van der Waals surface area contributed by atoms with Crippen LogP contribution in [0.4, 0.5) is 0 Å². The Morgan fingerprint density at radius 1 is 0.951 bits per heavy atom. The molecule has 3 heterocycles. The number of esters is 1. The van der Waals surface area contributed by atoms with Crippen LogP contribution < -0.4 is 11.3 Å². The van der Waals surface area contributed by atoms with Gasteiger partial charge in [-0.25, -0.2) is 9.78 Å². The van der Waals surface area contributed by atoms with E-state index >= 15 is 0 Å². The lowest BCUT2D eigenvalue weighted by atomic mass is 9.68. The number of ether oxygens (including phenoxy) is 1. The summed E-state index contributed by atoms with van der Waals surface area (Å²) in [6.07, 6.45) is 13.5. The van der Waals surface area contributed by atoms with Crippen LogP contribution in [0.25, 0.3) is 11.0 Å². The monoisotopic (exact) mass is 563 g/mol. The summed E-state index contributed by atoms with van der Waals surface area (Å²) in [5, 5.41) is 3.82. The minimum Gasteiger partial charge on any atom is -0.461 e. The molecule has 1 aromatic heterocycles. The van der Waals surface area contributed by atoms with Crippen molar-refractivity contribution in [2.75, 3.05) is 13.2 Å². The van der Waals surface area contributed by atoms with Crippen molar-refractivity contribution in [1.29, 1.82) is 0 Å². The first kappa shape index (κ1) is 27.9. The summed E-state index contributed by atoms with van der Waals surface area (Å²) in [6, 6.07) is 9.02. The molecule has 41 heavy (non-hydrogen) atoms. The topological polar surface area (TPSA) is 129 Å². The second-order valence-electron chi connectivity index (χ2n) is 12.4. The highest BCUT2D eigenvalue weighted by molar-refractivity contribution is 6.42. The van der Waals surface area contributed by atoms with Gasteiger partial charge in [0.25, 0.3) is 11.5 Å². The maximum Gasteiger partial charge on any atom is 0.362 e. The van der Waals surface area contributed by atoms with Crippen LogP contribution >= 0.6 is 0 Å². The number of nitrogens with zero attached hydrogens (tertiary/aromatic N) is 4. The van der Waals surface area contributed by atoms with Crippen molar-refractivity contribution >= 4 is 28.6 Å². The molecule has 220 valence electrons. The number of oxime groups is 1. The predicted molar refractivity (Wildman–Crippen MR) is 154 cm³/mol. The number of hydrogen-bond acceptors (Lipinski definition) is 8. The molecular formula is C31H41N5O5. The van der Waals surface area contributed by atoms with Crippen LogP contribution in [-0.4, -0.2) is 63.4 Å². The van der Waals surface area contributed by atoms with E-state index in [1.165, 1.54) is 44.9 Å². The average Bonchev–Trinajstić information content (AvgIpc) is 2.94. The Labute approximate surface area is 240 Å². The maximum atomic E-state index is 14.2. The molecule has 10 heteroatoms. The molecule has 4 fully saturated rings. The Morgan fingerprint density at radius 3 is 2.32 bits per heavy atom. The van der Waals surface area contributed by atoms with E-state index in [9.17, 15) is 14.4 Å². The summed E-state index contributed by atoms with van der Waals surface area (Å²) in [5.41, 5.74) is 5.61. The van der Waals surface area contributed by atoms with Gasteiger partial charge in [-0.15, -0.1) is 0 Å². The van der Waals surface area contributed by atoms with Gasteiger partial charge in [-0.05, 0) is 75.8 Å². The molecule has 10 nitrogen and oxygen atoms in total. The Balaban J connectivity index is 1.36. The number of fused-ring (bicyclic) bond motifs is 5. The summed E-state index contributed by atoms with van der Waals surface area (Å²) in [7, 11) is 0. The van der Waals surface area contributed by atoms with Crippen LogP contribution in [0.2, 0.25) is 0 Å². The molecule has 1 amide bonds. The van der Waals surface area contributed by atoms with E-state index in [-0.39, 0.29) is 24.1 Å². The number of piperidine rings is 2. The van der Waals surface area contributed by atoms with Gasteiger partial charge in [0.2, 0.25) is 5.71 Å². The molecule has 4 bridgehead atoms. The molecule has 2 aliphatic carbocycles. The van der Waals surface area contributed by atoms with Crippen LogP contribution in [0.15, 0.2) is 34.2 Å². The standard InChI is InChI=1S/C31H41N5O5/c1-2-40-31(39)29(34-41-18-27(32)37)28-30(38)36(26-12-4-3-11-25(26)33-28)24-16-21-9-6-10-22(17-24)35(21)23-14-19-7-5-8-20(13-19)15-23/h3-4,11-12,19-24H,2,5-10,13-18H2,1H3,(H2,32,37)/t19?,20?,21-,22+,23?,24?. The minimum absolute atomic E-state index is 0.0289. The molecule has 0 spiro atoms. The van der Waals surface area contributed by atoms with Gasteiger partial charge in [0.1, 0.15) is 0 Å².